The van der Waals surface area contributed by atoms with Crippen molar-refractivity contribution < 1.29 is 0 Å². The monoisotopic (exact) mass is 207 g/mol. The van der Waals surface area contributed by atoms with Gasteiger partial charge in [-0.3, -0.25) is 0 Å². The molecular weight excluding hydrogens is 190 g/mol. The van der Waals surface area contributed by atoms with Gasteiger partial charge < -0.3 is 5.73 Å². The van der Waals surface area contributed by atoms with Gasteiger partial charge in [0.2, 0.25) is 0 Å². The first-order valence-corrected chi connectivity index (χ1v) is 6.21. The molecule has 0 spiro atoms. The van der Waals surface area contributed by atoms with E-state index < -0.39 is 0 Å². The van der Waals surface area contributed by atoms with Crippen LogP contribution < -0.4 is 5.73 Å². The Bertz CT molecular complexity index is 278. The first-order chi connectivity index (χ1) is 6.85. The number of benzene rings is 1. The summed E-state index contributed by atoms with van der Waals surface area (Å²) >= 11 is 2.06. The summed E-state index contributed by atoms with van der Waals surface area (Å²) in [6, 6.07) is 10.7. The molecule has 1 heterocycles. The summed E-state index contributed by atoms with van der Waals surface area (Å²) in [7, 11) is 0. The highest BCUT2D eigenvalue weighted by Crippen LogP contribution is 2.39. The van der Waals surface area contributed by atoms with Crippen molar-refractivity contribution in [2.45, 2.75) is 24.0 Å². The predicted octanol–water partition coefficient (Wildman–Crippen LogP) is 2.45. The molecule has 1 aliphatic heterocycles. The van der Waals surface area contributed by atoms with Crippen molar-refractivity contribution >= 4 is 11.8 Å². The number of thioether (sulfide) groups is 1. The SMILES string of the molecule is NCC1(Cc2ccccc2)CCCS1. The van der Waals surface area contributed by atoms with Gasteiger partial charge in [0.25, 0.3) is 0 Å². The highest BCUT2D eigenvalue weighted by molar-refractivity contribution is 8.00. The molecule has 0 amide bonds. The standard InChI is InChI=1S/C12H17NS/c13-10-12(7-4-8-14-12)9-11-5-2-1-3-6-11/h1-3,5-6H,4,7-10,13H2. The fourth-order valence-electron chi connectivity index (χ4n) is 2.10. The van der Waals surface area contributed by atoms with E-state index in [4.69, 9.17) is 5.73 Å². The van der Waals surface area contributed by atoms with Gasteiger partial charge in [0.1, 0.15) is 0 Å². The van der Waals surface area contributed by atoms with Crippen LogP contribution in [-0.2, 0) is 6.42 Å². The van der Waals surface area contributed by atoms with E-state index >= 15 is 0 Å². The van der Waals surface area contributed by atoms with Gasteiger partial charge in [-0.25, -0.2) is 0 Å². The van der Waals surface area contributed by atoms with E-state index in [0.717, 1.165) is 13.0 Å². The van der Waals surface area contributed by atoms with Crippen molar-refractivity contribution in [2.75, 3.05) is 12.3 Å². The number of hydrogen-bond acceptors (Lipinski definition) is 2. The van der Waals surface area contributed by atoms with Crippen LogP contribution in [0.5, 0.6) is 0 Å². The molecule has 0 bridgehead atoms. The quantitative estimate of drug-likeness (QED) is 0.824. The van der Waals surface area contributed by atoms with Crippen LogP contribution in [0.15, 0.2) is 30.3 Å². The van der Waals surface area contributed by atoms with Crippen LogP contribution in [-0.4, -0.2) is 17.0 Å². The van der Waals surface area contributed by atoms with Crippen LogP contribution in [0.2, 0.25) is 0 Å². The van der Waals surface area contributed by atoms with E-state index in [1.807, 2.05) is 0 Å². The largest absolute Gasteiger partial charge is 0.329 e. The fraction of sp³-hybridized carbons (Fsp3) is 0.500. The molecule has 1 unspecified atom stereocenters. The van der Waals surface area contributed by atoms with Crippen molar-refractivity contribution in [1.29, 1.82) is 0 Å². The molecule has 1 nitrogen and oxygen atoms in total. The minimum atomic E-state index is 0.335. The van der Waals surface area contributed by atoms with Gasteiger partial charge in [-0.05, 0) is 30.6 Å². The average Bonchev–Trinajstić information content (AvgIpc) is 2.69. The summed E-state index contributed by atoms with van der Waals surface area (Å²) in [6.45, 7) is 0.812. The predicted molar refractivity (Wildman–Crippen MR) is 63.6 cm³/mol. The van der Waals surface area contributed by atoms with E-state index in [0.29, 0.717) is 4.75 Å². The number of nitrogens with two attached hydrogens (primary N) is 1. The van der Waals surface area contributed by atoms with Crippen LogP contribution in [0.25, 0.3) is 0 Å². The lowest BCUT2D eigenvalue weighted by Crippen LogP contribution is -2.34. The van der Waals surface area contributed by atoms with E-state index in [1.165, 1.54) is 24.2 Å². The van der Waals surface area contributed by atoms with Gasteiger partial charge in [-0.15, -0.1) is 0 Å². The van der Waals surface area contributed by atoms with Crippen molar-refractivity contribution in [3.8, 4) is 0 Å². The summed E-state index contributed by atoms with van der Waals surface area (Å²) in [5.41, 5.74) is 7.32. The average molecular weight is 207 g/mol. The lowest BCUT2D eigenvalue weighted by Gasteiger charge is -2.26. The topological polar surface area (TPSA) is 26.0 Å². The molecule has 76 valence electrons. The van der Waals surface area contributed by atoms with E-state index in [-0.39, 0.29) is 0 Å². The van der Waals surface area contributed by atoms with E-state index in [1.54, 1.807) is 0 Å². The molecule has 1 aromatic rings. The van der Waals surface area contributed by atoms with E-state index in [2.05, 4.69) is 42.1 Å². The van der Waals surface area contributed by atoms with Crippen molar-refractivity contribution in [3.05, 3.63) is 35.9 Å². The summed E-state index contributed by atoms with van der Waals surface area (Å²) in [6.07, 6.45) is 3.74. The first kappa shape index (κ1) is 10.1. The highest BCUT2D eigenvalue weighted by Gasteiger charge is 2.33. The Balaban J connectivity index is 2.08. The Morgan fingerprint density at radius 1 is 1.29 bits per heavy atom. The minimum absolute atomic E-state index is 0.335. The molecule has 0 radical (unpaired) electrons. The lowest BCUT2D eigenvalue weighted by atomic mass is 9.94. The number of hydrogen-bond donors (Lipinski definition) is 1. The fourth-order valence-corrected chi connectivity index (χ4v) is 3.49. The summed E-state index contributed by atoms with van der Waals surface area (Å²) in [5, 5.41) is 0. The van der Waals surface area contributed by atoms with Crippen molar-refractivity contribution in [1.82, 2.24) is 0 Å². The third-order valence-corrected chi connectivity index (χ3v) is 4.55. The summed E-state index contributed by atoms with van der Waals surface area (Å²) in [5.74, 6) is 1.28. The Morgan fingerprint density at radius 2 is 2.07 bits per heavy atom. The Kier molecular flexibility index (Phi) is 3.14. The second-order valence-electron chi connectivity index (χ2n) is 4.00. The maximum Gasteiger partial charge on any atom is 0.0322 e. The second kappa shape index (κ2) is 4.37. The maximum absolute atomic E-state index is 5.90. The van der Waals surface area contributed by atoms with Gasteiger partial charge in [0.05, 0.1) is 0 Å². The van der Waals surface area contributed by atoms with Gasteiger partial charge >= 0.3 is 0 Å². The van der Waals surface area contributed by atoms with Crippen LogP contribution >= 0.6 is 11.8 Å². The molecule has 1 aliphatic rings. The molecule has 1 aromatic carbocycles. The third kappa shape index (κ3) is 2.12. The van der Waals surface area contributed by atoms with Crippen molar-refractivity contribution in [3.63, 3.8) is 0 Å². The van der Waals surface area contributed by atoms with Crippen LogP contribution in [0, 0.1) is 0 Å². The zero-order chi connectivity index (χ0) is 9.86. The van der Waals surface area contributed by atoms with E-state index in [9.17, 15) is 0 Å². The highest BCUT2D eigenvalue weighted by atomic mass is 32.2. The Hall–Kier alpha value is -0.470. The molecule has 14 heavy (non-hydrogen) atoms. The molecule has 0 aliphatic carbocycles. The van der Waals surface area contributed by atoms with Gasteiger partial charge in [-0.2, -0.15) is 11.8 Å². The van der Waals surface area contributed by atoms with Gasteiger partial charge in [0.15, 0.2) is 0 Å². The van der Waals surface area contributed by atoms with Crippen LogP contribution in [0.3, 0.4) is 0 Å². The van der Waals surface area contributed by atoms with Crippen LogP contribution in [0.1, 0.15) is 18.4 Å². The van der Waals surface area contributed by atoms with Gasteiger partial charge in [0, 0.05) is 11.3 Å². The molecular formula is C12H17NS. The zero-order valence-corrected chi connectivity index (χ0v) is 9.22. The molecule has 2 heteroatoms. The molecule has 1 fully saturated rings. The van der Waals surface area contributed by atoms with Crippen LogP contribution in [0.4, 0.5) is 0 Å². The smallest absolute Gasteiger partial charge is 0.0322 e. The lowest BCUT2D eigenvalue weighted by molar-refractivity contribution is 0.565. The zero-order valence-electron chi connectivity index (χ0n) is 8.41. The number of rotatable bonds is 3. The Morgan fingerprint density at radius 3 is 2.64 bits per heavy atom. The molecule has 0 saturated carbocycles. The van der Waals surface area contributed by atoms with Gasteiger partial charge in [-0.1, -0.05) is 30.3 Å². The van der Waals surface area contributed by atoms with Crippen molar-refractivity contribution in [2.24, 2.45) is 5.73 Å². The maximum atomic E-state index is 5.90. The third-order valence-electron chi connectivity index (χ3n) is 2.93. The summed E-state index contributed by atoms with van der Waals surface area (Å²) in [4.78, 5) is 0. The molecule has 0 aromatic heterocycles. The molecule has 2 rings (SSSR count). The molecule has 1 saturated heterocycles. The molecule has 1 atom stereocenters. The minimum Gasteiger partial charge on any atom is -0.329 e. The Labute approximate surface area is 90.1 Å². The molecule has 2 N–H and O–H groups in total. The normalized spacial score (nSPS) is 26.6. The second-order valence-corrected chi connectivity index (χ2v) is 5.56. The summed E-state index contributed by atoms with van der Waals surface area (Å²) < 4.78 is 0.335. The first-order valence-electron chi connectivity index (χ1n) is 5.23.